The number of nitrogens with one attached hydrogen (secondary N) is 1. The van der Waals surface area contributed by atoms with Gasteiger partial charge in [0.25, 0.3) is 11.8 Å². The van der Waals surface area contributed by atoms with E-state index in [0.29, 0.717) is 11.5 Å². The van der Waals surface area contributed by atoms with Gasteiger partial charge in [0.15, 0.2) is 6.29 Å². The van der Waals surface area contributed by atoms with E-state index in [-0.39, 0.29) is 64.3 Å². The van der Waals surface area contributed by atoms with Gasteiger partial charge in [-0.05, 0) is 19.8 Å². The van der Waals surface area contributed by atoms with E-state index in [1.165, 1.54) is 11.8 Å². The van der Waals surface area contributed by atoms with Gasteiger partial charge in [0, 0.05) is 45.3 Å². The molecule has 5 amide bonds. The predicted octanol–water partition coefficient (Wildman–Crippen LogP) is -3.33. The Balaban J connectivity index is 1.38. The Morgan fingerprint density at radius 2 is 1.60 bits per heavy atom. The van der Waals surface area contributed by atoms with Crippen LogP contribution in [0.4, 0.5) is 0 Å². The van der Waals surface area contributed by atoms with E-state index in [4.69, 9.17) is 20.0 Å². The molecule has 0 aliphatic carbocycles. The number of imide groups is 1. The second-order valence-corrected chi connectivity index (χ2v) is 10.0. The molecule has 3 aliphatic heterocycles. The Bertz CT molecular complexity index is 977. The number of hydrogen-bond acceptors (Lipinski definition) is 12. The van der Waals surface area contributed by atoms with Crippen LogP contribution >= 0.6 is 0 Å². The maximum absolute atomic E-state index is 12.7. The fourth-order valence-corrected chi connectivity index (χ4v) is 4.70. The summed E-state index contributed by atoms with van der Waals surface area (Å²) in [5.74, 6) is -5.31. The van der Waals surface area contributed by atoms with Gasteiger partial charge in [-0.3, -0.25) is 24.0 Å². The number of aliphatic hydroxyl groups is 3. The Hall–Kier alpha value is -3.18. The fraction of sp³-hybridized carbons (Fsp3) is 0.750. The first kappa shape index (κ1) is 31.3. The number of unbranched alkanes of at least 4 members (excludes halogenated alkanes) is 1. The highest BCUT2D eigenvalue weighted by Crippen LogP contribution is 2.25. The molecule has 0 aromatic heterocycles. The minimum absolute atomic E-state index is 0.00871. The number of carbonyl (C=O) groups is 6. The van der Waals surface area contributed by atoms with Crippen molar-refractivity contribution in [2.75, 3.05) is 26.2 Å². The SMILES string of the molecule is C[C@@H]1O[C@@H](OCCNC(=O)[C@H]2CN(C(=O)CCCCC(=O)ON3C(=O)CCC3=O)C[C@H]2C(N)=O)[C@@H](O)[C@H](O)[C@@H]1O. The van der Waals surface area contributed by atoms with Crippen molar-refractivity contribution < 1.29 is 58.4 Å². The normalized spacial score (nSPS) is 30.4. The molecular weight excluding hydrogens is 536 g/mol. The summed E-state index contributed by atoms with van der Waals surface area (Å²) < 4.78 is 10.7. The lowest BCUT2D eigenvalue weighted by atomic mass is 9.95. The zero-order chi connectivity index (χ0) is 29.6. The molecule has 3 heterocycles. The van der Waals surface area contributed by atoms with Crippen molar-refractivity contribution >= 4 is 35.5 Å². The van der Waals surface area contributed by atoms with Crippen molar-refractivity contribution in [2.24, 2.45) is 17.6 Å². The zero-order valence-electron chi connectivity index (χ0n) is 22.1. The molecule has 0 unspecified atom stereocenters. The number of ether oxygens (including phenoxy) is 2. The minimum atomic E-state index is -1.49. The second kappa shape index (κ2) is 13.9. The molecule has 224 valence electrons. The number of rotatable bonds is 12. The summed E-state index contributed by atoms with van der Waals surface area (Å²) in [4.78, 5) is 78.4. The average molecular weight is 573 g/mol. The van der Waals surface area contributed by atoms with Gasteiger partial charge in [-0.1, -0.05) is 0 Å². The molecule has 40 heavy (non-hydrogen) atoms. The van der Waals surface area contributed by atoms with Crippen molar-refractivity contribution in [2.45, 2.75) is 76.2 Å². The van der Waals surface area contributed by atoms with Crippen LogP contribution < -0.4 is 11.1 Å². The number of nitrogens with two attached hydrogens (primary N) is 1. The molecule has 0 saturated carbocycles. The molecule has 16 heteroatoms. The lowest BCUT2D eigenvalue weighted by molar-refractivity contribution is -0.292. The highest BCUT2D eigenvalue weighted by atomic mass is 16.7. The van der Waals surface area contributed by atoms with Gasteiger partial charge in [0.2, 0.25) is 17.7 Å². The third kappa shape index (κ3) is 7.72. The zero-order valence-corrected chi connectivity index (χ0v) is 22.1. The molecule has 3 saturated heterocycles. The van der Waals surface area contributed by atoms with Gasteiger partial charge in [0.05, 0.1) is 24.5 Å². The molecule has 3 rings (SSSR count). The van der Waals surface area contributed by atoms with Gasteiger partial charge in [-0.2, -0.15) is 0 Å². The van der Waals surface area contributed by atoms with Crippen LogP contribution in [0.15, 0.2) is 0 Å². The van der Waals surface area contributed by atoms with E-state index in [0.717, 1.165) is 0 Å². The summed E-state index contributed by atoms with van der Waals surface area (Å²) in [5.41, 5.74) is 5.46. The number of hydroxylamine groups is 2. The Morgan fingerprint density at radius 3 is 2.25 bits per heavy atom. The van der Waals surface area contributed by atoms with Crippen LogP contribution in [0.3, 0.4) is 0 Å². The van der Waals surface area contributed by atoms with Crippen LogP contribution in [0.1, 0.15) is 45.4 Å². The predicted molar refractivity (Wildman–Crippen MR) is 130 cm³/mol. The topological polar surface area (TPSA) is 235 Å². The van der Waals surface area contributed by atoms with Crippen LogP contribution in [0, 0.1) is 11.8 Å². The number of likely N-dealkylation sites (tertiary alicyclic amines) is 1. The first-order valence-corrected chi connectivity index (χ1v) is 13.1. The molecule has 0 aromatic rings. The van der Waals surface area contributed by atoms with Crippen LogP contribution in [0.5, 0.6) is 0 Å². The van der Waals surface area contributed by atoms with Gasteiger partial charge >= 0.3 is 5.97 Å². The largest absolute Gasteiger partial charge is 0.388 e. The van der Waals surface area contributed by atoms with Crippen molar-refractivity contribution in [3.8, 4) is 0 Å². The smallest absolute Gasteiger partial charge is 0.333 e. The minimum Gasteiger partial charge on any atom is -0.388 e. The molecule has 16 nitrogen and oxygen atoms in total. The van der Waals surface area contributed by atoms with Crippen molar-refractivity contribution in [1.29, 1.82) is 0 Å². The van der Waals surface area contributed by atoms with Crippen molar-refractivity contribution in [3.05, 3.63) is 0 Å². The van der Waals surface area contributed by atoms with Crippen LogP contribution in [0.2, 0.25) is 0 Å². The van der Waals surface area contributed by atoms with Crippen LogP contribution in [-0.2, 0) is 43.1 Å². The number of carbonyl (C=O) groups excluding carboxylic acids is 6. The first-order chi connectivity index (χ1) is 18.9. The second-order valence-electron chi connectivity index (χ2n) is 10.0. The lowest BCUT2D eigenvalue weighted by Gasteiger charge is -2.38. The maximum Gasteiger partial charge on any atom is 0.333 e. The molecule has 0 radical (unpaired) electrons. The van der Waals surface area contributed by atoms with Gasteiger partial charge in [-0.25, -0.2) is 4.79 Å². The highest BCUT2D eigenvalue weighted by Gasteiger charge is 2.43. The van der Waals surface area contributed by atoms with Crippen molar-refractivity contribution in [3.63, 3.8) is 0 Å². The highest BCUT2D eigenvalue weighted by molar-refractivity contribution is 6.01. The third-order valence-electron chi connectivity index (χ3n) is 7.09. The van der Waals surface area contributed by atoms with E-state index < -0.39 is 72.1 Å². The fourth-order valence-electron chi connectivity index (χ4n) is 4.70. The molecular formula is C24H36N4O12. The molecule has 7 atom stereocenters. The molecule has 6 N–H and O–H groups in total. The number of hydrogen-bond donors (Lipinski definition) is 5. The number of primary amides is 1. The summed E-state index contributed by atoms with van der Waals surface area (Å²) in [6.07, 6.45) is -5.76. The quantitative estimate of drug-likeness (QED) is 0.114. The summed E-state index contributed by atoms with van der Waals surface area (Å²) in [7, 11) is 0. The summed E-state index contributed by atoms with van der Waals surface area (Å²) in [5, 5.41) is 32.6. The standard InChI is InChI=1S/C24H36N4O12/c1-12-19(33)20(34)21(35)24(39-12)38-9-8-26-23(37)14-11-27(10-13(14)22(25)36)15(29)4-2-3-5-18(32)40-28-16(30)6-7-17(28)31/h12-14,19-21,24,33-35H,2-11H2,1H3,(H2,25,36)(H,26,37)/t12-,13+,14-,19+,20+,21-,24+/m0/s1. The maximum atomic E-state index is 12.7. The van der Waals surface area contributed by atoms with Crippen LogP contribution in [-0.4, -0.2) is 118 Å². The molecule has 3 aliphatic rings. The van der Waals surface area contributed by atoms with Gasteiger partial charge in [0.1, 0.15) is 18.3 Å². The van der Waals surface area contributed by atoms with Crippen molar-refractivity contribution in [1.82, 2.24) is 15.3 Å². The van der Waals surface area contributed by atoms with Gasteiger partial charge in [-0.15, -0.1) is 5.06 Å². The first-order valence-electron chi connectivity index (χ1n) is 13.1. The number of amides is 5. The van der Waals surface area contributed by atoms with E-state index in [9.17, 15) is 44.1 Å². The molecule has 0 bridgehead atoms. The lowest BCUT2D eigenvalue weighted by Crippen LogP contribution is -2.57. The van der Waals surface area contributed by atoms with E-state index >= 15 is 0 Å². The summed E-state index contributed by atoms with van der Waals surface area (Å²) in [6, 6.07) is 0. The van der Waals surface area contributed by atoms with Gasteiger partial charge < -0.3 is 45.6 Å². The van der Waals surface area contributed by atoms with E-state index in [1.807, 2.05) is 0 Å². The third-order valence-corrected chi connectivity index (χ3v) is 7.09. The summed E-state index contributed by atoms with van der Waals surface area (Å²) >= 11 is 0. The molecule has 0 spiro atoms. The number of nitrogens with zero attached hydrogens (tertiary/aromatic N) is 2. The monoisotopic (exact) mass is 572 g/mol. The molecule has 0 aromatic carbocycles. The Morgan fingerprint density at radius 1 is 0.975 bits per heavy atom. The number of aliphatic hydroxyl groups excluding tert-OH is 3. The van der Waals surface area contributed by atoms with E-state index in [1.54, 1.807) is 0 Å². The van der Waals surface area contributed by atoms with Crippen LogP contribution in [0.25, 0.3) is 0 Å². The van der Waals surface area contributed by atoms with E-state index in [2.05, 4.69) is 5.32 Å². The Labute approximate surface area is 229 Å². The average Bonchev–Trinajstić information content (AvgIpc) is 3.50. The summed E-state index contributed by atoms with van der Waals surface area (Å²) in [6.45, 7) is 1.29. The molecule has 3 fully saturated rings. The Kier molecular flexibility index (Phi) is 10.9.